The molecule has 13 heteroatoms. The predicted octanol–water partition coefficient (Wildman–Crippen LogP) is 4.00. The van der Waals surface area contributed by atoms with E-state index in [1.807, 2.05) is 4.90 Å². The lowest BCUT2D eigenvalue weighted by Crippen LogP contribution is -2.49. The fourth-order valence-electron chi connectivity index (χ4n) is 4.91. The summed E-state index contributed by atoms with van der Waals surface area (Å²) in [6.45, 7) is 1.17. The van der Waals surface area contributed by atoms with Crippen LogP contribution in [0.25, 0.3) is 11.1 Å². The van der Waals surface area contributed by atoms with Crippen LogP contribution in [-0.4, -0.2) is 58.3 Å². The summed E-state index contributed by atoms with van der Waals surface area (Å²) in [6, 6.07) is 7.19. The summed E-state index contributed by atoms with van der Waals surface area (Å²) in [4.78, 5) is 55.2. The number of nitro groups is 1. The molecule has 2 N–H and O–H groups in total. The van der Waals surface area contributed by atoms with Gasteiger partial charge in [-0.2, -0.15) is 0 Å². The maximum Gasteiger partial charge on any atom is 0.293 e. The van der Waals surface area contributed by atoms with Crippen molar-refractivity contribution in [3.63, 3.8) is 0 Å². The second-order valence-corrected chi connectivity index (χ2v) is 9.58. The number of furan rings is 1. The summed E-state index contributed by atoms with van der Waals surface area (Å²) >= 11 is 5.86. The van der Waals surface area contributed by atoms with Gasteiger partial charge < -0.3 is 24.7 Å². The number of fused-ring (bicyclic) bond motifs is 1. The highest BCUT2D eigenvalue weighted by Gasteiger charge is 2.34. The molecule has 1 saturated carbocycles. The Labute approximate surface area is 221 Å². The van der Waals surface area contributed by atoms with E-state index in [2.05, 4.69) is 15.6 Å². The van der Waals surface area contributed by atoms with E-state index in [1.165, 1.54) is 18.3 Å². The summed E-state index contributed by atoms with van der Waals surface area (Å²) in [5.74, 6) is -1.52. The largest absolute Gasteiger partial charge is 0.447 e. The van der Waals surface area contributed by atoms with Crippen molar-refractivity contribution in [3.8, 4) is 0 Å². The average molecular weight is 542 g/mol. The molecule has 2 aromatic heterocycles. The van der Waals surface area contributed by atoms with Gasteiger partial charge in [0.15, 0.2) is 5.58 Å². The van der Waals surface area contributed by atoms with Crippen molar-refractivity contribution in [1.29, 1.82) is 0 Å². The number of nitrogens with zero attached hydrogens (tertiary/aromatic N) is 3. The molecule has 5 rings (SSSR count). The van der Waals surface area contributed by atoms with Gasteiger partial charge in [0.25, 0.3) is 11.6 Å². The van der Waals surface area contributed by atoms with Crippen LogP contribution in [0, 0.1) is 16.0 Å². The first-order chi connectivity index (χ1) is 18.3. The fourth-order valence-corrected chi connectivity index (χ4v) is 5.10. The second kappa shape index (κ2) is 10.8. The van der Waals surface area contributed by atoms with Gasteiger partial charge in [0.1, 0.15) is 22.8 Å². The van der Waals surface area contributed by atoms with Gasteiger partial charge in [-0.15, -0.1) is 0 Å². The minimum absolute atomic E-state index is 0.0261. The van der Waals surface area contributed by atoms with Crippen LogP contribution in [0.5, 0.6) is 0 Å². The zero-order valence-corrected chi connectivity index (χ0v) is 20.9. The fraction of sp³-hybridized carbons (Fsp3) is 0.360. The Balaban J connectivity index is 1.32. The first-order valence-electron chi connectivity index (χ1n) is 12.1. The van der Waals surface area contributed by atoms with Gasteiger partial charge in [-0.05, 0) is 49.9 Å². The number of amides is 3. The average Bonchev–Trinajstić information content (AvgIpc) is 3.28. The number of nitrogens with one attached hydrogen (secondary N) is 2. The molecule has 0 radical (unpaired) electrons. The third-order valence-electron chi connectivity index (χ3n) is 6.83. The SMILES string of the molecule is O=C(Nc1ccc(Cl)c([N+](=O)[O-])c1)c1oc2cccnc2c1NC(=O)C1CCC(N2CCOCC2=O)CC1. The maximum absolute atomic E-state index is 13.2. The van der Waals surface area contributed by atoms with Gasteiger partial charge in [-0.25, -0.2) is 0 Å². The van der Waals surface area contributed by atoms with Crippen LogP contribution in [0.2, 0.25) is 5.02 Å². The Kier molecular flexibility index (Phi) is 7.25. The molecule has 1 aliphatic carbocycles. The highest BCUT2D eigenvalue weighted by Crippen LogP contribution is 2.34. The first kappa shape index (κ1) is 25.6. The van der Waals surface area contributed by atoms with E-state index in [0.29, 0.717) is 49.9 Å². The van der Waals surface area contributed by atoms with E-state index in [1.54, 1.807) is 12.1 Å². The van der Waals surface area contributed by atoms with Crippen molar-refractivity contribution >= 4 is 57.5 Å². The molecule has 1 aliphatic heterocycles. The quantitative estimate of drug-likeness (QED) is 0.350. The van der Waals surface area contributed by atoms with Crippen molar-refractivity contribution in [2.45, 2.75) is 31.7 Å². The molecule has 0 bridgehead atoms. The van der Waals surface area contributed by atoms with E-state index in [9.17, 15) is 24.5 Å². The third kappa shape index (κ3) is 5.18. The number of benzene rings is 1. The number of ether oxygens (including phenoxy) is 1. The van der Waals surface area contributed by atoms with Gasteiger partial charge in [0.05, 0.1) is 11.5 Å². The minimum Gasteiger partial charge on any atom is -0.447 e. The number of morpholine rings is 1. The molecule has 3 amide bonds. The molecule has 38 heavy (non-hydrogen) atoms. The highest BCUT2D eigenvalue weighted by molar-refractivity contribution is 6.32. The third-order valence-corrected chi connectivity index (χ3v) is 7.15. The van der Waals surface area contributed by atoms with E-state index < -0.39 is 10.8 Å². The molecule has 3 heterocycles. The molecule has 1 aromatic carbocycles. The molecular formula is C25H24ClN5O7. The van der Waals surface area contributed by atoms with Gasteiger partial charge in [-0.1, -0.05) is 11.6 Å². The summed E-state index contributed by atoms with van der Waals surface area (Å²) in [5.41, 5.74) is 0.494. The molecule has 2 aliphatic rings. The summed E-state index contributed by atoms with van der Waals surface area (Å²) in [7, 11) is 0. The first-order valence-corrected chi connectivity index (χ1v) is 12.5. The highest BCUT2D eigenvalue weighted by atomic mass is 35.5. The van der Waals surface area contributed by atoms with E-state index in [-0.39, 0.29) is 58.2 Å². The molecule has 0 spiro atoms. The molecule has 198 valence electrons. The number of hydrogen-bond donors (Lipinski definition) is 2. The molecular weight excluding hydrogens is 518 g/mol. The van der Waals surface area contributed by atoms with Crippen LogP contribution in [0.4, 0.5) is 17.1 Å². The van der Waals surface area contributed by atoms with Crippen LogP contribution in [0.1, 0.15) is 36.2 Å². The van der Waals surface area contributed by atoms with Crippen LogP contribution in [0.3, 0.4) is 0 Å². The van der Waals surface area contributed by atoms with Crippen molar-refractivity contribution in [1.82, 2.24) is 9.88 Å². The van der Waals surface area contributed by atoms with Crippen molar-refractivity contribution in [2.24, 2.45) is 5.92 Å². The number of carbonyl (C=O) groups is 3. The maximum atomic E-state index is 13.2. The van der Waals surface area contributed by atoms with Gasteiger partial charge in [0.2, 0.25) is 17.6 Å². The lowest BCUT2D eigenvalue weighted by atomic mass is 9.84. The van der Waals surface area contributed by atoms with Crippen molar-refractivity contribution < 1.29 is 28.5 Å². The standard InChI is InChI=1S/C25H24ClN5O7/c26-17-8-5-15(12-18(17)31(35)36)28-25(34)23-22(21-19(38-23)2-1-9-27-21)29-24(33)14-3-6-16(7-4-14)30-10-11-37-13-20(30)32/h1-2,5,8-9,12,14,16H,3-4,6-7,10-11,13H2,(H,28,34)(H,29,33). The molecule has 12 nitrogen and oxygen atoms in total. The number of halogens is 1. The van der Waals surface area contributed by atoms with Crippen molar-refractivity contribution in [2.75, 3.05) is 30.4 Å². The summed E-state index contributed by atoms with van der Waals surface area (Å²) < 4.78 is 10.9. The normalized spacial score (nSPS) is 19.8. The Morgan fingerprint density at radius 3 is 2.68 bits per heavy atom. The summed E-state index contributed by atoms with van der Waals surface area (Å²) in [5, 5.41) is 16.5. The number of rotatable bonds is 6. The number of carbonyl (C=O) groups excluding carboxylic acids is 3. The second-order valence-electron chi connectivity index (χ2n) is 9.17. The minimum atomic E-state index is -0.718. The number of anilines is 2. The molecule has 2 fully saturated rings. The van der Waals surface area contributed by atoms with Crippen LogP contribution in [-0.2, 0) is 14.3 Å². The molecule has 0 atom stereocenters. The lowest BCUT2D eigenvalue weighted by molar-refractivity contribution is -0.384. The van der Waals surface area contributed by atoms with Gasteiger partial charge in [0, 0.05) is 36.5 Å². The number of aromatic nitrogens is 1. The number of nitro benzene ring substituents is 1. The predicted molar refractivity (Wildman–Crippen MR) is 137 cm³/mol. The van der Waals surface area contributed by atoms with Crippen LogP contribution < -0.4 is 10.6 Å². The summed E-state index contributed by atoms with van der Waals surface area (Å²) in [6.07, 6.45) is 4.07. The molecule has 0 unspecified atom stereocenters. The van der Waals surface area contributed by atoms with E-state index in [0.717, 1.165) is 6.07 Å². The number of hydrogen-bond acceptors (Lipinski definition) is 8. The topological polar surface area (TPSA) is 157 Å². The van der Waals surface area contributed by atoms with Crippen LogP contribution in [0.15, 0.2) is 40.9 Å². The Morgan fingerprint density at radius 2 is 1.95 bits per heavy atom. The zero-order valence-electron chi connectivity index (χ0n) is 20.1. The Morgan fingerprint density at radius 1 is 1.16 bits per heavy atom. The van der Waals surface area contributed by atoms with Gasteiger partial charge in [-0.3, -0.25) is 29.5 Å². The lowest BCUT2D eigenvalue weighted by Gasteiger charge is -2.38. The Hall–Kier alpha value is -4.03. The van der Waals surface area contributed by atoms with Crippen molar-refractivity contribution in [3.05, 3.63) is 57.4 Å². The molecule has 3 aromatic rings. The van der Waals surface area contributed by atoms with E-state index in [4.69, 9.17) is 20.8 Å². The monoisotopic (exact) mass is 541 g/mol. The molecule has 1 saturated heterocycles. The van der Waals surface area contributed by atoms with Gasteiger partial charge >= 0.3 is 0 Å². The zero-order chi connectivity index (χ0) is 26.8. The Bertz CT molecular complexity index is 1420. The van der Waals surface area contributed by atoms with E-state index >= 15 is 0 Å². The number of pyridine rings is 1. The smallest absolute Gasteiger partial charge is 0.293 e. The van der Waals surface area contributed by atoms with Crippen LogP contribution >= 0.6 is 11.6 Å².